The van der Waals surface area contributed by atoms with Crippen molar-refractivity contribution in [3.63, 3.8) is 0 Å². The Hall–Kier alpha value is -1.10. The molecule has 124 valence electrons. The third-order valence-corrected chi connectivity index (χ3v) is 2.72. The maximum Gasteiger partial charge on any atom is 0.305 e. The van der Waals surface area contributed by atoms with E-state index in [9.17, 15) is 9.59 Å². The molecule has 5 nitrogen and oxygen atoms in total. The molecule has 21 heavy (non-hydrogen) atoms. The van der Waals surface area contributed by atoms with Crippen LogP contribution in [-0.2, 0) is 23.8 Å². The highest BCUT2D eigenvalue weighted by molar-refractivity contribution is 5.70. The van der Waals surface area contributed by atoms with Crippen LogP contribution in [0.4, 0.5) is 0 Å². The lowest BCUT2D eigenvalue weighted by molar-refractivity contribution is -0.147. The summed E-state index contributed by atoms with van der Waals surface area (Å²) in [4.78, 5) is 22.7. The first-order valence-corrected chi connectivity index (χ1v) is 7.95. The molecule has 0 aliphatic rings. The van der Waals surface area contributed by atoms with E-state index in [-0.39, 0.29) is 11.9 Å². The van der Waals surface area contributed by atoms with Crippen molar-refractivity contribution >= 4 is 11.9 Å². The quantitative estimate of drug-likeness (QED) is 0.386. The van der Waals surface area contributed by atoms with E-state index < -0.39 is 0 Å². The highest BCUT2D eigenvalue weighted by Gasteiger charge is 2.06. The first kappa shape index (κ1) is 19.9. The minimum absolute atomic E-state index is 0.193. The lowest BCUT2D eigenvalue weighted by Gasteiger charge is -2.07. The van der Waals surface area contributed by atoms with E-state index in [1.165, 1.54) is 0 Å². The van der Waals surface area contributed by atoms with Gasteiger partial charge in [-0.2, -0.15) is 0 Å². The zero-order valence-electron chi connectivity index (χ0n) is 13.7. The molecule has 5 heteroatoms. The SMILES string of the molecule is CCCCOCCOC(=O)CCCCC(=O)OCC(C)C. The zero-order chi connectivity index (χ0) is 15.9. The summed E-state index contributed by atoms with van der Waals surface area (Å²) in [6.07, 6.45) is 4.12. The second kappa shape index (κ2) is 13.9. The Labute approximate surface area is 128 Å². The number of rotatable bonds is 13. The highest BCUT2D eigenvalue weighted by Crippen LogP contribution is 2.04. The first-order valence-electron chi connectivity index (χ1n) is 7.95. The van der Waals surface area contributed by atoms with Gasteiger partial charge >= 0.3 is 11.9 Å². The van der Waals surface area contributed by atoms with E-state index in [1.54, 1.807) is 0 Å². The molecule has 0 aromatic carbocycles. The normalized spacial score (nSPS) is 10.7. The molecule has 0 aliphatic heterocycles. The fourth-order valence-electron chi connectivity index (χ4n) is 1.51. The van der Waals surface area contributed by atoms with Crippen molar-refractivity contribution in [1.29, 1.82) is 0 Å². The summed E-state index contributed by atoms with van der Waals surface area (Å²) < 4.78 is 15.4. The molecule has 0 saturated carbocycles. The number of carbonyl (C=O) groups is 2. The minimum Gasteiger partial charge on any atom is -0.465 e. The van der Waals surface area contributed by atoms with E-state index in [2.05, 4.69) is 6.92 Å². The second-order valence-corrected chi connectivity index (χ2v) is 5.47. The predicted octanol–water partition coefficient (Wildman–Crippen LogP) is 3.11. The van der Waals surface area contributed by atoms with Crippen LogP contribution in [-0.4, -0.2) is 38.4 Å². The van der Waals surface area contributed by atoms with Gasteiger partial charge in [0.2, 0.25) is 0 Å². The molecule has 0 rings (SSSR count). The second-order valence-electron chi connectivity index (χ2n) is 5.47. The Morgan fingerprint density at radius 1 is 0.857 bits per heavy atom. The minimum atomic E-state index is -0.232. The molecular weight excluding hydrogens is 272 g/mol. The van der Waals surface area contributed by atoms with Crippen LogP contribution >= 0.6 is 0 Å². The Bertz CT molecular complexity index is 276. The van der Waals surface area contributed by atoms with E-state index >= 15 is 0 Å². The van der Waals surface area contributed by atoms with Crippen LogP contribution in [0.1, 0.15) is 59.3 Å². The average molecular weight is 302 g/mol. The van der Waals surface area contributed by atoms with Crippen molar-refractivity contribution in [2.45, 2.75) is 59.3 Å². The molecular formula is C16H30O5. The van der Waals surface area contributed by atoms with Crippen LogP contribution in [0.15, 0.2) is 0 Å². The molecule has 0 bridgehead atoms. The van der Waals surface area contributed by atoms with E-state index in [0.717, 1.165) is 12.8 Å². The molecule has 0 aliphatic carbocycles. The van der Waals surface area contributed by atoms with Gasteiger partial charge in [0.05, 0.1) is 13.2 Å². The van der Waals surface area contributed by atoms with Crippen LogP contribution < -0.4 is 0 Å². The lowest BCUT2D eigenvalue weighted by Crippen LogP contribution is -2.12. The maximum atomic E-state index is 11.4. The van der Waals surface area contributed by atoms with Crippen molar-refractivity contribution < 1.29 is 23.8 Å². The van der Waals surface area contributed by atoms with E-state index in [1.807, 2.05) is 13.8 Å². The van der Waals surface area contributed by atoms with Gasteiger partial charge in [0.15, 0.2) is 0 Å². The molecule has 0 atom stereocenters. The molecule has 0 saturated heterocycles. The predicted molar refractivity (Wildman–Crippen MR) is 81.0 cm³/mol. The van der Waals surface area contributed by atoms with Gasteiger partial charge in [-0.3, -0.25) is 9.59 Å². The van der Waals surface area contributed by atoms with Gasteiger partial charge in [0.25, 0.3) is 0 Å². The molecule has 0 fully saturated rings. The third kappa shape index (κ3) is 15.1. The fraction of sp³-hybridized carbons (Fsp3) is 0.875. The molecule has 0 unspecified atom stereocenters. The lowest BCUT2D eigenvalue weighted by atomic mass is 10.2. The van der Waals surface area contributed by atoms with Gasteiger partial charge in [-0.1, -0.05) is 27.2 Å². The molecule has 0 aromatic rings. The number of hydrogen-bond acceptors (Lipinski definition) is 5. The van der Waals surface area contributed by atoms with Crippen LogP contribution in [0.5, 0.6) is 0 Å². The monoisotopic (exact) mass is 302 g/mol. The van der Waals surface area contributed by atoms with Crippen LogP contribution in [0.2, 0.25) is 0 Å². The van der Waals surface area contributed by atoms with E-state index in [4.69, 9.17) is 14.2 Å². The van der Waals surface area contributed by atoms with Gasteiger partial charge in [0.1, 0.15) is 6.61 Å². The van der Waals surface area contributed by atoms with E-state index in [0.29, 0.717) is 58.0 Å². The zero-order valence-corrected chi connectivity index (χ0v) is 13.7. The summed E-state index contributed by atoms with van der Waals surface area (Å²) in [7, 11) is 0. The van der Waals surface area contributed by atoms with Crippen molar-refractivity contribution in [1.82, 2.24) is 0 Å². The Kier molecular flexibility index (Phi) is 13.1. The maximum absolute atomic E-state index is 11.4. The summed E-state index contributed by atoms with van der Waals surface area (Å²) in [5.41, 5.74) is 0. The summed E-state index contributed by atoms with van der Waals surface area (Å²) in [6, 6.07) is 0. The smallest absolute Gasteiger partial charge is 0.305 e. The number of carbonyl (C=O) groups excluding carboxylic acids is 2. The molecule has 0 spiro atoms. The summed E-state index contributed by atoms with van der Waals surface area (Å²) >= 11 is 0. The number of esters is 2. The molecule has 0 heterocycles. The van der Waals surface area contributed by atoms with Gasteiger partial charge in [-0.25, -0.2) is 0 Å². The summed E-state index contributed by atoms with van der Waals surface area (Å²) in [6.45, 7) is 8.02. The molecule has 0 radical (unpaired) electrons. The third-order valence-electron chi connectivity index (χ3n) is 2.72. The van der Waals surface area contributed by atoms with Crippen molar-refractivity contribution in [2.24, 2.45) is 5.92 Å². The Morgan fingerprint density at radius 3 is 2.05 bits per heavy atom. The van der Waals surface area contributed by atoms with Crippen LogP contribution in [0.25, 0.3) is 0 Å². The average Bonchev–Trinajstić information content (AvgIpc) is 2.45. The highest BCUT2D eigenvalue weighted by atomic mass is 16.6. The number of hydrogen-bond donors (Lipinski definition) is 0. The standard InChI is InChI=1S/C16H30O5/c1-4-5-10-19-11-12-20-15(17)8-6-7-9-16(18)21-13-14(2)3/h14H,4-13H2,1-3H3. The number of unbranched alkanes of at least 4 members (excludes halogenated alkanes) is 2. The number of ether oxygens (including phenoxy) is 3. The molecule has 0 N–H and O–H groups in total. The summed E-state index contributed by atoms with van der Waals surface area (Å²) in [5, 5.41) is 0. The summed E-state index contributed by atoms with van der Waals surface area (Å²) in [5.74, 6) is -0.0745. The largest absolute Gasteiger partial charge is 0.465 e. The fourth-order valence-corrected chi connectivity index (χ4v) is 1.51. The van der Waals surface area contributed by atoms with Crippen LogP contribution in [0.3, 0.4) is 0 Å². The van der Waals surface area contributed by atoms with Crippen molar-refractivity contribution in [3.05, 3.63) is 0 Å². The van der Waals surface area contributed by atoms with Crippen molar-refractivity contribution in [3.8, 4) is 0 Å². The molecule has 0 aromatic heterocycles. The van der Waals surface area contributed by atoms with Gasteiger partial charge in [0, 0.05) is 19.4 Å². The van der Waals surface area contributed by atoms with Gasteiger partial charge < -0.3 is 14.2 Å². The van der Waals surface area contributed by atoms with Crippen molar-refractivity contribution in [2.75, 3.05) is 26.4 Å². The van der Waals surface area contributed by atoms with Gasteiger partial charge in [-0.15, -0.1) is 0 Å². The first-order chi connectivity index (χ1) is 10.1. The molecule has 0 amide bonds. The Balaban J connectivity index is 3.35. The Morgan fingerprint density at radius 2 is 1.48 bits per heavy atom. The van der Waals surface area contributed by atoms with Gasteiger partial charge in [-0.05, 0) is 25.2 Å². The van der Waals surface area contributed by atoms with Crippen LogP contribution in [0, 0.1) is 5.92 Å². The topological polar surface area (TPSA) is 61.8 Å².